The summed E-state index contributed by atoms with van der Waals surface area (Å²) >= 11 is 0.815. The van der Waals surface area contributed by atoms with Crippen LogP contribution in [0.15, 0.2) is 29.3 Å². The Balaban J connectivity index is 2.87. The Morgan fingerprint density at radius 1 is 1.42 bits per heavy atom. The van der Waals surface area contributed by atoms with Crippen molar-refractivity contribution in [1.82, 2.24) is 0 Å². The molecule has 12 heavy (non-hydrogen) atoms. The predicted molar refractivity (Wildman–Crippen MR) is 52.0 cm³/mol. The van der Waals surface area contributed by atoms with E-state index in [9.17, 15) is 4.39 Å². The van der Waals surface area contributed by atoms with E-state index in [4.69, 9.17) is 0 Å². The van der Waals surface area contributed by atoms with E-state index in [1.165, 1.54) is 12.1 Å². The normalized spacial score (nSPS) is 12.3. The first-order valence-electron chi connectivity index (χ1n) is 3.34. The molecule has 0 aromatic heterocycles. The molecular formula is C8H7FNSTl. The van der Waals surface area contributed by atoms with E-state index in [0.717, 1.165) is 29.8 Å². The van der Waals surface area contributed by atoms with E-state index in [1.54, 1.807) is 20.4 Å². The molecule has 1 unspecified atom stereocenters. The second-order valence-electron chi connectivity index (χ2n) is 2.22. The molecule has 0 aliphatic rings. The third kappa shape index (κ3) is 2.55. The number of halogens is 1. The van der Waals surface area contributed by atoms with Crippen molar-refractivity contribution in [3.8, 4) is 0 Å². The van der Waals surface area contributed by atoms with Gasteiger partial charge in [-0.3, -0.25) is 0 Å². The van der Waals surface area contributed by atoms with Crippen molar-refractivity contribution in [2.45, 2.75) is 5.37 Å². The standard InChI is InChI=1S/C8H8FNS.Tl/c1-10-8(11)6-2-4-7(9)5-3-6;/h2-5,8,11H,1H2;/q;+1/p-1. The Bertz CT molecular complexity index is 262. The van der Waals surface area contributed by atoms with Crippen molar-refractivity contribution in [3.63, 3.8) is 0 Å². The monoisotopic (exact) mass is 373 g/mol. The van der Waals surface area contributed by atoms with Crippen LogP contribution < -0.4 is 0 Å². The van der Waals surface area contributed by atoms with Crippen LogP contribution in [0.5, 0.6) is 0 Å². The van der Waals surface area contributed by atoms with Crippen LogP contribution in [0.3, 0.4) is 0 Å². The third-order valence-electron chi connectivity index (χ3n) is 1.45. The summed E-state index contributed by atoms with van der Waals surface area (Å²) in [5.74, 6) is -0.206. The summed E-state index contributed by atoms with van der Waals surface area (Å²) in [6, 6.07) is 6.41. The molecule has 60 valence electrons. The number of aliphatic imine (C=N–C) groups is 1. The number of benzene rings is 1. The maximum atomic E-state index is 12.5. The van der Waals surface area contributed by atoms with Crippen molar-refractivity contribution in [1.29, 1.82) is 0 Å². The fraction of sp³-hybridized carbons (Fsp3) is 0.125. The van der Waals surface area contributed by atoms with Gasteiger partial charge in [0.05, 0.1) is 0 Å². The predicted octanol–water partition coefficient (Wildman–Crippen LogP) is 2.34. The fourth-order valence-electron chi connectivity index (χ4n) is 0.854. The van der Waals surface area contributed by atoms with Crippen molar-refractivity contribution in [2.24, 2.45) is 4.99 Å². The Labute approximate surface area is 89.3 Å². The summed E-state index contributed by atoms with van der Waals surface area (Å²) in [4.78, 5) is 3.94. The first-order valence-corrected chi connectivity index (χ1v) is 9.79. The fourth-order valence-corrected chi connectivity index (χ4v) is 4.09. The molecule has 0 amide bonds. The van der Waals surface area contributed by atoms with E-state index in [1.807, 2.05) is 0 Å². The third-order valence-corrected chi connectivity index (χ3v) is 5.14. The topological polar surface area (TPSA) is 12.4 Å². The van der Waals surface area contributed by atoms with Crippen LogP contribution in [0.4, 0.5) is 4.39 Å². The van der Waals surface area contributed by atoms with Gasteiger partial charge in [0.15, 0.2) is 0 Å². The van der Waals surface area contributed by atoms with Gasteiger partial charge < -0.3 is 0 Å². The molecule has 1 aromatic carbocycles. The van der Waals surface area contributed by atoms with E-state index in [2.05, 4.69) is 11.7 Å². The van der Waals surface area contributed by atoms with E-state index < -0.39 is 0 Å². The molecule has 0 N–H and O–H groups in total. The average Bonchev–Trinajstić information content (AvgIpc) is 2.10. The Morgan fingerprint density at radius 3 is 2.42 bits per heavy atom. The van der Waals surface area contributed by atoms with E-state index in [-0.39, 0.29) is 11.2 Å². The van der Waals surface area contributed by atoms with Crippen molar-refractivity contribution in [2.75, 3.05) is 0 Å². The molecule has 0 saturated heterocycles. The van der Waals surface area contributed by atoms with Crippen LogP contribution in [0.1, 0.15) is 10.9 Å². The van der Waals surface area contributed by atoms with Crippen LogP contribution >= 0.6 is 8.31 Å². The zero-order valence-corrected chi connectivity index (χ0v) is 11.7. The number of hydrogen-bond donors (Lipinski definition) is 0. The maximum absolute atomic E-state index is 12.5. The molecule has 1 rings (SSSR count). The summed E-state index contributed by atoms with van der Waals surface area (Å²) in [5.41, 5.74) is 1.03. The molecule has 1 aromatic rings. The molecule has 0 aliphatic carbocycles. The van der Waals surface area contributed by atoms with Crippen molar-refractivity contribution in [3.05, 3.63) is 35.6 Å². The quantitative estimate of drug-likeness (QED) is 0.586. The molecular weight excluding hydrogens is 366 g/mol. The van der Waals surface area contributed by atoms with E-state index >= 15 is 0 Å². The van der Waals surface area contributed by atoms with Gasteiger partial charge in [-0.25, -0.2) is 0 Å². The number of rotatable bonds is 3. The van der Waals surface area contributed by atoms with Crippen molar-refractivity contribution >= 4 is 39.3 Å². The van der Waals surface area contributed by atoms with Gasteiger partial charge in [0.25, 0.3) is 0 Å². The molecule has 0 fully saturated rings. The Kier molecular flexibility index (Phi) is 4.21. The summed E-state index contributed by atoms with van der Waals surface area (Å²) in [7, 11) is 1.74. The van der Waals surface area contributed by atoms with Crippen molar-refractivity contribution < 1.29 is 4.39 Å². The van der Waals surface area contributed by atoms with Gasteiger partial charge in [-0.05, 0) is 0 Å². The van der Waals surface area contributed by atoms with Gasteiger partial charge in [0.2, 0.25) is 0 Å². The molecule has 4 heteroatoms. The number of hydrogen-bond acceptors (Lipinski definition) is 2. The molecule has 0 heterocycles. The first kappa shape index (κ1) is 10.2. The van der Waals surface area contributed by atoms with Crippen LogP contribution in [-0.4, -0.2) is 31.0 Å². The Morgan fingerprint density at radius 2 is 2.00 bits per heavy atom. The zero-order chi connectivity index (χ0) is 8.97. The van der Waals surface area contributed by atoms with Crippen LogP contribution in [0, 0.1) is 5.82 Å². The van der Waals surface area contributed by atoms with Gasteiger partial charge >= 0.3 is 89.7 Å². The van der Waals surface area contributed by atoms with Gasteiger partial charge in [0.1, 0.15) is 0 Å². The van der Waals surface area contributed by atoms with Crippen LogP contribution in [0.2, 0.25) is 0 Å². The minimum absolute atomic E-state index is 0.0931. The van der Waals surface area contributed by atoms with Gasteiger partial charge in [-0.1, -0.05) is 0 Å². The summed E-state index contributed by atoms with van der Waals surface area (Å²) in [6.45, 7) is 3.49. The minimum atomic E-state index is -0.206. The van der Waals surface area contributed by atoms with Gasteiger partial charge in [-0.2, -0.15) is 0 Å². The number of nitrogens with zero attached hydrogens (tertiary/aromatic N) is 1. The second kappa shape index (κ2) is 4.96. The Hall–Kier alpha value is 0.0921. The molecule has 0 radical (unpaired) electrons. The molecule has 0 aliphatic heterocycles. The second-order valence-corrected chi connectivity index (χ2v) is 6.12. The molecule has 1 nitrogen and oxygen atoms in total. The molecule has 1 atom stereocenters. The molecule has 0 spiro atoms. The van der Waals surface area contributed by atoms with Crippen LogP contribution in [-0.2, 0) is 0 Å². The van der Waals surface area contributed by atoms with Crippen LogP contribution in [0.25, 0.3) is 0 Å². The van der Waals surface area contributed by atoms with Gasteiger partial charge in [-0.15, -0.1) is 0 Å². The SMILES string of the molecule is C=NC([S][Tl])c1ccc(F)cc1. The zero-order valence-electron chi connectivity index (χ0n) is 6.40. The molecule has 0 saturated carbocycles. The summed E-state index contributed by atoms with van der Waals surface area (Å²) < 4.78 is 12.5. The molecule has 0 bridgehead atoms. The average molecular weight is 373 g/mol. The van der Waals surface area contributed by atoms with E-state index in [0.29, 0.717) is 0 Å². The summed E-state index contributed by atoms with van der Waals surface area (Å²) in [5, 5.41) is 0.0931. The first-order chi connectivity index (χ1) is 5.77. The van der Waals surface area contributed by atoms with Gasteiger partial charge in [0, 0.05) is 0 Å². The summed E-state index contributed by atoms with van der Waals surface area (Å²) in [6.07, 6.45) is 0.